The van der Waals surface area contributed by atoms with Crippen LogP contribution in [0.5, 0.6) is 5.75 Å². The van der Waals surface area contributed by atoms with E-state index in [1.54, 1.807) is 0 Å². The number of hydrogen-bond donors (Lipinski definition) is 1. The quantitative estimate of drug-likeness (QED) is 0.897. The molecule has 3 saturated carbocycles. The molecule has 4 aliphatic rings. The van der Waals surface area contributed by atoms with E-state index in [1.165, 1.54) is 19.3 Å². The zero-order valence-electron chi connectivity index (χ0n) is 14.5. The number of Topliss-reactive ketones (excluding diaryl/α,β-unsaturated/α-hetero) is 1. The van der Waals surface area contributed by atoms with E-state index in [0.717, 1.165) is 25.7 Å². The molecule has 3 aliphatic carbocycles. The van der Waals surface area contributed by atoms with Crippen molar-refractivity contribution in [1.29, 1.82) is 0 Å². The van der Waals surface area contributed by atoms with Gasteiger partial charge in [0, 0.05) is 17.9 Å². The lowest BCUT2D eigenvalue weighted by Crippen LogP contribution is -2.45. The average Bonchev–Trinajstić information content (AvgIpc) is 3.28. The summed E-state index contributed by atoms with van der Waals surface area (Å²) >= 11 is 0. The zero-order chi connectivity index (χ0) is 17.0. The van der Waals surface area contributed by atoms with Crippen LogP contribution in [0.2, 0.25) is 0 Å². The number of para-hydroxylation sites is 1. The van der Waals surface area contributed by atoms with Crippen molar-refractivity contribution in [3.63, 3.8) is 0 Å². The Bertz CT molecular complexity index is 724. The molecule has 1 N–H and O–H groups in total. The Balaban J connectivity index is 1.33. The Morgan fingerprint density at radius 2 is 1.92 bits per heavy atom. The summed E-state index contributed by atoms with van der Waals surface area (Å²) in [4.78, 5) is 25.4. The second kappa shape index (κ2) is 5.58. The summed E-state index contributed by atoms with van der Waals surface area (Å²) < 4.78 is 6.37. The van der Waals surface area contributed by atoms with Crippen molar-refractivity contribution >= 4 is 11.7 Å². The van der Waals surface area contributed by atoms with Gasteiger partial charge >= 0.3 is 0 Å². The van der Waals surface area contributed by atoms with Gasteiger partial charge in [-0.05, 0) is 43.7 Å². The topological polar surface area (TPSA) is 55.4 Å². The average molecular weight is 339 g/mol. The summed E-state index contributed by atoms with van der Waals surface area (Å²) in [6.07, 6.45) is 8.29. The Labute approximate surface area is 148 Å². The minimum Gasteiger partial charge on any atom is -0.486 e. The van der Waals surface area contributed by atoms with Gasteiger partial charge in [0.25, 0.3) is 0 Å². The molecule has 0 saturated heterocycles. The fraction of sp³-hybridized carbons (Fsp3) is 0.619. The van der Waals surface area contributed by atoms with Crippen LogP contribution in [0.4, 0.5) is 0 Å². The lowest BCUT2D eigenvalue weighted by Gasteiger charge is -2.37. The van der Waals surface area contributed by atoms with E-state index in [2.05, 4.69) is 5.32 Å². The normalized spacial score (nSPS) is 36.5. The van der Waals surface area contributed by atoms with Crippen molar-refractivity contribution in [3.8, 4) is 5.75 Å². The van der Waals surface area contributed by atoms with Crippen LogP contribution in [0, 0.1) is 17.8 Å². The van der Waals surface area contributed by atoms with Crippen molar-refractivity contribution in [2.24, 2.45) is 17.8 Å². The first kappa shape index (κ1) is 15.4. The number of ketones is 1. The fourth-order valence-electron chi connectivity index (χ4n) is 5.66. The van der Waals surface area contributed by atoms with Gasteiger partial charge in [-0.15, -0.1) is 0 Å². The second-order valence-electron chi connectivity index (χ2n) is 8.36. The lowest BCUT2D eigenvalue weighted by atomic mass is 9.84. The maximum absolute atomic E-state index is 12.8. The number of carbonyl (C=O) groups is 2. The lowest BCUT2D eigenvalue weighted by molar-refractivity contribution is -0.125. The van der Waals surface area contributed by atoms with Crippen LogP contribution in [0.1, 0.15) is 61.7 Å². The van der Waals surface area contributed by atoms with Crippen molar-refractivity contribution in [1.82, 2.24) is 5.32 Å². The summed E-state index contributed by atoms with van der Waals surface area (Å²) in [5.41, 5.74) is 0.255. The molecular formula is C21H25NO3. The highest BCUT2D eigenvalue weighted by molar-refractivity contribution is 6.00. The molecule has 5 rings (SSSR count). The standard InChI is InChI=1S/C21H25NO3/c23-16-12-21(25-17-9-5-4-8-14(16)17)11-10-15-18(19(15)21)20(24)22-13-6-2-1-3-7-13/h4-5,8-9,13,15,18-19H,1-3,6-7,10-12H2,(H,22,24)/t15-,18+,19+,21-/m0/s1. The van der Waals surface area contributed by atoms with Gasteiger partial charge in [-0.2, -0.15) is 0 Å². The van der Waals surface area contributed by atoms with E-state index in [9.17, 15) is 9.59 Å². The van der Waals surface area contributed by atoms with Crippen molar-refractivity contribution in [2.75, 3.05) is 0 Å². The predicted molar refractivity (Wildman–Crippen MR) is 93.5 cm³/mol. The molecule has 132 valence electrons. The van der Waals surface area contributed by atoms with E-state index in [-0.39, 0.29) is 23.5 Å². The Kier molecular flexibility index (Phi) is 3.44. The van der Waals surface area contributed by atoms with Crippen molar-refractivity contribution in [2.45, 2.75) is 63.0 Å². The van der Waals surface area contributed by atoms with Crippen LogP contribution >= 0.6 is 0 Å². The van der Waals surface area contributed by atoms with Crippen LogP contribution in [-0.2, 0) is 4.79 Å². The zero-order valence-corrected chi connectivity index (χ0v) is 14.5. The number of nitrogens with one attached hydrogen (secondary N) is 1. The van der Waals surface area contributed by atoms with Crippen LogP contribution in [0.3, 0.4) is 0 Å². The van der Waals surface area contributed by atoms with Gasteiger partial charge < -0.3 is 10.1 Å². The van der Waals surface area contributed by atoms with E-state index < -0.39 is 5.60 Å². The maximum atomic E-state index is 12.8. The third-order valence-corrected chi connectivity index (χ3v) is 6.89. The minimum atomic E-state index is -0.440. The number of benzene rings is 1. The third-order valence-electron chi connectivity index (χ3n) is 6.89. The first-order chi connectivity index (χ1) is 12.2. The van der Waals surface area contributed by atoms with Gasteiger partial charge in [-0.25, -0.2) is 0 Å². The fourth-order valence-corrected chi connectivity index (χ4v) is 5.66. The summed E-state index contributed by atoms with van der Waals surface area (Å²) in [7, 11) is 0. The van der Waals surface area contributed by atoms with Gasteiger partial charge in [-0.1, -0.05) is 31.4 Å². The summed E-state index contributed by atoms with van der Waals surface area (Å²) in [5, 5.41) is 3.28. The van der Waals surface area contributed by atoms with E-state index in [0.29, 0.717) is 29.7 Å². The largest absolute Gasteiger partial charge is 0.486 e. The molecule has 3 fully saturated rings. The minimum absolute atomic E-state index is 0.0498. The summed E-state index contributed by atoms with van der Waals surface area (Å²) in [6, 6.07) is 7.89. The van der Waals surface area contributed by atoms with Crippen molar-refractivity contribution < 1.29 is 14.3 Å². The number of rotatable bonds is 2. The molecule has 0 unspecified atom stereocenters. The summed E-state index contributed by atoms with van der Waals surface area (Å²) in [5.74, 6) is 1.75. The molecule has 1 amide bonds. The Morgan fingerprint density at radius 3 is 2.76 bits per heavy atom. The molecule has 4 heteroatoms. The van der Waals surface area contributed by atoms with Crippen LogP contribution in [-0.4, -0.2) is 23.3 Å². The molecule has 0 aromatic heterocycles. The molecule has 1 aromatic carbocycles. The van der Waals surface area contributed by atoms with Gasteiger partial charge in [-0.3, -0.25) is 9.59 Å². The Hall–Kier alpha value is -1.84. The van der Waals surface area contributed by atoms with E-state index >= 15 is 0 Å². The van der Waals surface area contributed by atoms with Crippen LogP contribution < -0.4 is 10.1 Å². The highest BCUT2D eigenvalue weighted by atomic mass is 16.5. The number of carbonyl (C=O) groups excluding carboxylic acids is 2. The molecular weight excluding hydrogens is 314 g/mol. The molecule has 0 radical (unpaired) electrons. The monoisotopic (exact) mass is 339 g/mol. The molecule has 4 atom stereocenters. The molecule has 25 heavy (non-hydrogen) atoms. The first-order valence-corrected chi connectivity index (χ1v) is 9.80. The number of ether oxygens (including phenoxy) is 1. The number of hydrogen-bond acceptors (Lipinski definition) is 3. The van der Waals surface area contributed by atoms with E-state index in [1.807, 2.05) is 24.3 Å². The number of fused-ring (bicyclic) bond motifs is 3. The third kappa shape index (κ3) is 2.41. The van der Waals surface area contributed by atoms with Gasteiger partial charge in [0.05, 0.1) is 12.0 Å². The van der Waals surface area contributed by atoms with Crippen LogP contribution in [0.15, 0.2) is 24.3 Å². The molecule has 1 aromatic rings. The molecule has 1 aliphatic heterocycles. The van der Waals surface area contributed by atoms with Gasteiger partial charge in [0.1, 0.15) is 11.4 Å². The highest BCUT2D eigenvalue weighted by Gasteiger charge is 2.70. The maximum Gasteiger partial charge on any atom is 0.224 e. The molecule has 1 heterocycles. The van der Waals surface area contributed by atoms with Crippen LogP contribution in [0.25, 0.3) is 0 Å². The summed E-state index contributed by atoms with van der Waals surface area (Å²) in [6.45, 7) is 0. The van der Waals surface area contributed by atoms with Gasteiger partial charge in [0.15, 0.2) is 5.78 Å². The van der Waals surface area contributed by atoms with Crippen molar-refractivity contribution in [3.05, 3.63) is 29.8 Å². The number of amides is 1. The molecule has 4 nitrogen and oxygen atoms in total. The SMILES string of the molecule is O=C1C[C@]2(CC[C@H]3[C@@H](C(=O)NC4CCCCC4)[C@@H]32)Oc2ccccc21. The predicted octanol–water partition coefficient (Wildman–Crippen LogP) is 3.50. The Morgan fingerprint density at radius 1 is 1.12 bits per heavy atom. The van der Waals surface area contributed by atoms with Gasteiger partial charge in [0.2, 0.25) is 5.91 Å². The highest BCUT2D eigenvalue weighted by Crippen LogP contribution is 2.65. The van der Waals surface area contributed by atoms with E-state index in [4.69, 9.17) is 4.74 Å². The first-order valence-electron chi connectivity index (χ1n) is 9.80. The second-order valence-corrected chi connectivity index (χ2v) is 8.36. The molecule has 1 spiro atoms. The molecule has 0 bridgehead atoms. The smallest absolute Gasteiger partial charge is 0.224 e.